The van der Waals surface area contributed by atoms with E-state index >= 15 is 0 Å². The van der Waals surface area contributed by atoms with Gasteiger partial charge in [0, 0.05) is 4.47 Å². The van der Waals surface area contributed by atoms with Crippen LogP contribution in [0.1, 0.15) is 76.3 Å². The van der Waals surface area contributed by atoms with Crippen LogP contribution in [-0.2, 0) is 9.59 Å². The SMILES string of the molecule is CC(C)CCC(C(=O)O)c1ccc(Br)cc1C(CCC(C)C)C(=O)O. The van der Waals surface area contributed by atoms with Crippen LogP contribution >= 0.6 is 15.9 Å². The quantitative estimate of drug-likeness (QED) is 0.519. The molecule has 0 bridgehead atoms. The summed E-state index contributed by atoms with van der Waals surface area (Å²) in [6.45, 7) is 8.24. The van der Waals surface area contributed by atoms with Crippen molar-refractivity contribution in [2.75, 3.05) is 0 Å². The van der Waals surface area contributed by atoms with E-state index in [2.05, 4.69) is 43.6 Å². The first kappa shape index (κ1) is 21.7. The second kappa shape index (κ2) is 9.95. The molecule has 140 valence electrons. The Morgan fingerprint density at radius 2 is 1.28 bits per heavy atom. The summed E-state index contributed by atoms with van der Waals surface area (Å²) in [6, 6.07) is 5.34. The molecule has 0 aliphatic carbocycles. The van der Waals surface area contributed by atoms with E-state index < -0.39 is 23.8 Å². The third-order valence-electron chi connectivity index (χ3n) is 4.46. The zero-order valence-electron chi connectivity index (χ0n) is 15.5. The van der Waals surface area contributed by atoms with Crippen LogP contribution in [0.25, 0.3) is 0 Å². The molecule has 0 aromatic heterocycles. The van der Waals surface area contributed by atoms with E-state index in [1.54, 1.807) is 18.2 Å². The number of carboxylic acid groups (broad SMARTS) is 2. The molecular formula is C20H29BrO4. The Kier molecular flexibility index (Phi) is 8.63. The number of hydrogen-bond acceptors (Lipinski definition) is 2. The topological polar surface area (TPSA) is 74.6 Å². The zero-order chi connectivity index (χ0) is 19.1. The predicted octanol–water partition coefficient (Wildman–Crippen LogP) is 5.66. The summed E-state index contributed by atoms with van der Waals surface area (Å²) in [5, 5.41) is 19.4. The van der Waals surface area contributed by atoms with E-state index in [1.165, 1.54) is 0 Å². The second-order valence-corrected chi connectivity index (χ2v) is 8.41. The van der Waals surface area contributed by atoms with E-state index in [-0.39, 0.29) is 0 Å². The van der Waals surface area contributed by atoms with Crippen molar-refractivity contribution in [1.29, 1.82) is 0 Å². The molecule has 1 aromatic carbocycles. The number of carbonyl (C=O) groups is 2. The van der Waals surface area contributed by atoms with Gasteiger partial charge in [0.15, 0.2) is 0 Å². The molecule has 0 spiro atoms. The molecule has 0 saturated heterocycles. The van der Waals surface area contributed by atoms with E-state index in [4.69, 9.17) is 0 Å². The van der Waals surface area contributed by atoms with Crippen molar-refractivity contribution in [3.05, 3.63) is 33.8 Å². The lowest BCUT2D eigenvalue weighted by Crippen LogP contribution is -2.20. The number of halogens is 1. The summed E-state index contributed by atoms with van der Waals surface area (Å²) >= 11 is 3.40. The Labute approximate surface area is 158 Å². The van der Waals surface area contributed by atoms with Gasteiger partial charge in [-0.25, -0.2) is 0 Å². The van der Waals surface area contributed by atoms with Crippen LogP contribution in [0.4, 0.5) is 0 Å². The first-order chi connectivity index (χ1) is 11.6. The maximum atomic E-state index is 11.9. The summed E-state index contributed by atoms with van der Waals surface area (Å²) in [5.74, 6) is -2.35. The smallest absolute Gasteiger partial charge is 0.310 e. The lowest BCUT2D eigenvalue weighted by molar-refractivity contribution is -0.140. The fourth-order valence-corrected chi connectivity index (χ4v) is 3.37. The monoisotopic (exact) mass is 412 g/mol. The maximum Gasteiger partial charge on any atom is 0.310 e. The molecule has 0 radical (unpaired) electrons. The highest BCUT2D eigenvalue weighted by molar-refractivity contribution is 9.10. The van der Waals surface area contributed by atoms with Crippen LogP contribution in [0.15, 0.2) is 22.7 Å². The molecule has 2 unspecified atom stereocenters. The largest absolute Gasteiger partial charge is 0.481 e. The van der Waals surface area contributed by atoms with E-state index in [0.29, 0.717) is 35.8 Å². The van der Waals surface area contributed by atoms with Crippen molar-refractivity contribution >= 4 is 27.9 Å². The van der Waals surface area contributed by atoms with Gasteiger partial charge in [-0.05, 0) is 60.8 Å². The summed E-state index contributed by atoms with van der Waals surface area (Å²) in [6.07, 6.45) is 2.59. The van der Waals surface area contributed by atoms with Crippen LogP contribution < -0.4 is 0 Å². The van der Waals surface area contributed by atoms with E-state index in [9.17, 15) is 19.8 Å². The van der Waals surface area contributed by atoms with Gasteiger partial charge in [0.1, 0.15) is 0 Å². The van der Waals surface area contributed by atoms with Gasteiger partial charge in [0.25, 0.3) is 0 Å². The Bertz CT molecular complexity index is 595. The molecule has 0 aliphatic rings. The molecule has 0 heterocycles. The molecule has 25 heavy (non-hydrogen) atoms. The molecule has 2 atom stereocenters. The molecule has 5 heteroatoms. The molecule has 0 amide bonds. The van der Waals surface area contributed by atoms with Crippen molar-refractivity contribution < 1.29 is 19.8 Å². The van der Waals surface area contributed by atoms with Crippen molar-refractivity contribution in [3.63, 3.8) is 0 Å². The minimum absolute atomic E-state index is 0.397. The molecule has 0 fully saturated rings. The van der Waals surface area contributed by atoms with Gasteiger partial charge < -0.3 is 10.2 Å². The first-order valence-electron chi connectivity index (χ1n) is 8.88. The van der Waals surface area contributed by atoms with Gasteiger partial charge >= 0.3 is 11.9 Å². The Balaban J connectivity index is 3.30. The van der Waals surface area contributed by atoms with Gasteiger partial charge in [-0.1, -0.05) is 49.7 Å². The minimum Gasteiger partial charge on any atom is -0.481 e. The number of hydrogen-bond donors (Lipinski definition) is 2. The fraction of sp³-hybridized carbons (Fsp3) is 0.600. The Morgan fingerprint density at radius 3 is 1.68 bits per heavy atom. The number of aliphatic carboxylic acids is 2. The zero-order valence-corrected chi connectivity index (χ0v) is 17.0. The van der Waals surface area contributed by atoms with Gasteiger partial charge in [0.2, 0.25) is 0 Å². The predicted molar refractivity (Wildman–Crippen MR) is 103 cm³/mol. The average molecular weight is 413 g/mol. The summed E-state index contributed by atoms with van der Waals surface area (Å²) in [5.41, 5.74) is 1.26. The van der Waals surface area contributed by atoms with Crippen LogP contribution in [0.2, 0.25) is 0 Å². The molecule has 1 rings (SSSR count). The molecule has 4 nitrogen and oxygen atoms in total. The minimum atomic E-state index is -0.895. The van der Waals surface area contributed by atoms with Gasteiger partial charge in [-0.15, -0.1) is 0 Å². The summed E-state index contributed by atoms with van der Waals surface area (Å²) in [4.78, 5) is 23.7. The molecule has 1 aromatic rings. The molecule has 0 aliphatic heterocycles. The van der Waals surface area contributed by atoms with Gasteiger partial charge in [-0.3, -0.25) is 9.59 Å². The van der Waals surface area contributed by atoms with Crippen molar-refractivity contribution in [2.24, 2.45) is 11.8 Å². The molecular weight excluding hydrogens is 384 g/mol. The first-order valence-corrected chi connectivity index (χ1v) is 9.67. The number of benzene rings is 1. The highest BCUT2D eigenvalue weighted by Crippen LogP contribution is 2.35. The van der Waals surface area contributed by atoms with E-state index in [1.807, 2.05) is 0 Å². The number of carboxylic acids is 2. The van der Waals surface area contributed by atoms with Gasteiger partial charge in [0.05, 0.1) is 11.8 Å². The third-order valence-corrected chi connectivity index (χ3v) is 4.95. The van der Waals surface area contributed by atoms with Crippen molar-refractivity contribution in [2.45, 2.75) is 65.2 Å². The number of rotatable bonds is 10. The lowest BCUT2D eigenvalue weighted by atomic mass is 9.82. The molecule has 2 N–H and O–H groups in total. The van der Waals surface area contributed by atoms with E-state index in [0.717, 1.165) is 17.3 Å². The fourth-order valence-electron chi connectivity index (χ4n) is 2.99. The Morgan fingerprint density at radius 1 is 0.840 bits per heavy atom. The molecule has 0 saturated carbocycles. The van der Waals surface area contributed by atoms with Gasteiger partial charge in [-0.2, -0.15) is 0 Å². The van der Waals surface area contributed by atoms with Crippen molar-refractivity contribution in [3.8, 4) is 0 Å². The third kappa shape index (κ3) is 6.81. The van der Waals surface area contributed by atoms with Crippen LogP contribution in [0, 0.1) is 11.8 Å². The summed E-state index contributed by atoms with van der Waals surface area (Å²) < 4.78 is 0.773. The van der Waals surface area contributed by atoms with Crippen LogP contribution in [0.3, 0.4) is 0 Å². The van der Waals surface area contributed by atoms with Crippen LogP contribution in [-0.4, -0.2) is 22.2 Å². The van der Waals surface area contributed by atoms with Crippen LogP contribution in [0.5, 0.6) is 0 Å². The highest BCUT2D eigenvalue weighted by atomic mass is 79.9. The maximum absolute atomic E-state index is 11.9. The second-order valence-electron chi connectivity index (χ2n) is 7.50. The average Bonchev–Trinajstić information content (AvgIpc) is 2.48. The van der Waals surface area contributed by atoms with Crippen molar-refractivity contribution in [1.82, 2.24) is 0 Å². The summed E-state index contributed by atoms with van der Waals surface area (Å²) in [7, 11) is 0. The standard InChI is InChI=1S/C20H29BrO4/c1-12(2)5-8-16(19(22)23)15-10-7-14(21)11-18(15)17(20(24)25)9-6-13(3)4/h7,10-13,16-17H,5-6,8-9H2,1-4H3,(H,22,23)(H,24,25). The normalized spacial score (nSPS) is 13.9. The lowest BCUT2D eigenvalue weighted by Gasteiger charge is -2.22. The Hall–Kier alpha value is -1.36. The highest BCUT2D eigenvalue weighted by Gasteiger charge is 2.29.